The van der Waals surface area contributed by atoms with Gasteiger partial charge in [-0.15, -0.1) is 0 Å². The number of H-pyrrole nitrogens is 1. The average Bonchev–Trinajstić information content (AvgIpc) is 3.43. The molecule has 40 heavy (non-hydrogen) atoms. The van der Waals surface area contributed by atoms with Crippen LogP contribution in [0.2, 0.25) is 0 Å². The molecular formula is C26H37N7O7. The molecule has 0 radical (unpaired) electrons. The van der Waals surface area contributed by atoms with Crippen LogP contribution in [-0.2, 0) is 36.8 Å². The Bertz CT molecular complexity index is 1110. The molecule has 2 aromatic rings. The Kier molecular flexibility index (Phi) is 13.3. The summed E-state index contributed by atoms with van der Waals surface area (Å²) in [6.45, 7) is 0.438. The van der Waals surface area contributed by atoms with Crippen LogP contribution in [0.15, 0.2) is 42.9 Å². The number of aromatic nitrogens is 2. The predicted molar refractivity (Wildman–Crippen MR) is 144 cm³/mol. The smallest absolute Gasteiger partial charge is 0.326 e. The van der Waals surface area contributed by atoms with Gasteiger partial charge in [-0.1, -0.05) is 36.8 Å². The number of benzene rings is 1. The summed E-state index contributed by atoms with van der Waals surface area (Å²) in [7, 11) is 0. The molecule has 1 aromatic carbocycles. The van der Waals surface area contributed by atoms with Gasteiger partial charge in [0.05, 0.1) is 12.4 Å². The molecule has 0 aliphatic heterocycles. The lowest BCUT2D eigenvalue weighted by atomic mass is 10.0. The first-order valence-electron chi connectivity index (χ1n) is 12.9. The van der Waals surface area contributed by atoms with Crippen LogP contribution in [0.25, 0.3) is 0 Å². The van der Waals surface area contributed by atoms with Crippen molar-refractivity contribution in [3.05, 3.63) is 54.1 Å². The minimum absolute atomic E-state index is 0.00695. The van der Waals surface area contributed by atoms with Gasteiger partial charge in [-0.25, -0.2) is 9.78 Å². The van der Waals surface area contributed by atoms with E-state index >= 15 is 0 Å². The van der Waals surface area contributed by atoms with Crippen LogP contribution in [-0.4, -0.2) is 80.6 Å². The fourth-order valence-corrected chi connectivity index (χ4v) is 3.88. The van der Waals surface area contributed by atoms with E-state index in [1.807, 2.05) is 0 Å². The maximum atomic E-state index is 13.3. The molecule has 14 nitrogen and oxygen atoms in total. The largest absolute Gasteiger partial charge is 0.481 e. The highest BCUT2D eigenvalue weighted by atomic mass is 16.4. The lowest BCUT2D eigenvalue weighted by molar-refractivity contribution is -0.142. The molecule has 10 N–H and O–H groups in total. The van der Waals surface area contributed by atoms with E-state index in [1.54, 1.807) is 30.3 Å². The lowest BCUT2D eigenvalue weighted by Gasteiger charge is -2.25. The number of aliphatic carboxylic acids is 2. The zero-order chi connectivity index (χ0) is 29.5. The van der Waals surface area contributed by atoms with Crippen LogP contribution in [0, 0.1) is 0 Å². The van der Waals surface area contributed by atoms with E-state index in [0.717, 1.165) is 0 Å². The van der Waals surface area contributed by atoms with Crippen molar-refractivity contribution in [2.24, 2.45) is 11.5 Å². The molecule has 4 atom stereocenters. The van der Waals surface area contributed by atoms with Gasteiger partial charge in [0.1, 0.15) is 18.1 Å². The van der Waals surface area contributed by atoms with Crippen molar-refractivity contribution >= 4 is 29.7 Å². The summed E-state index contributed by atoms with van der Waals surface area (Å²) in [4.78, 5) is 68.8. The zero-order valence-corrected chi connectivity index (χ0v) is 22.0. The van der Waals surface area contributed by atoms with Crippen molar-refractivity contribution in [1.82, 2.24) is 25.9 Å². The van der Waals surface area contributed by atoms with Gasteiger partial charge in [-0.3, -0.25) is 19.2 Å². The van der Waals surface area contributed by atoms with Crippen molar-refractivity contribution in [1.29, 1.82) is 0 Å². The van der Waals surface area contributed by atoms with Crippen LogP contribution in [0.5, 0.6) is 0 Å². The van der Waals surface area contributed by atoms with Crippen molar-refractivity contribution in [3.63, 3.8) is 0 Å². The molecule has 1 heterocycles. The number of aromatic amines is 1. The Morgan fingerprint density at radius 1 is 0.850 bits per heavy atom. The molecule has 0 saturated heterocycles. The minimum Gasteiger partial charge on any atom is -0.481 e. The fraction of sp³-hybridized carbons (Fsp3) is 0.462. The third-order valence-electron chi connectivity index (χ3n) is 6.09. The highest BCUT2D eigenvalue weighted by molar-refractivity contribution is 5.94. The number of carboxylic acids is 2. The lowest BCUT2D eigenvalue weighted by Crippen LogP contribution is -2.58. The molecule has 0 bridgehead atoms. The number of amides is 3. The molecule has 0 saturated carbocycles. The molecule has 1 aromatic heterocycles. The number of carbonyl (C=O) groups excluding carboxylic acids is 3. The van der Waals surface area contributed by atoms with Crippen LogP contribution >= 0.6 is 0 Å². The Morgan fingerprint density at radius 2 is 1.50 bits per heavy atom. The Morgan fingerprint density at radius 3 is 2.10 bits per heavy atom. The summed E-state index contributed by atoms with van der Waals surface area (Å²) in [5.41, 5.74) is 12.6. The second-order valence-electron chi connectivity index (χ2n) is 9.32. The maximum absolute atomic E-state index is 13.3. The van der Waals surface area contributed by atoms with Crippen molar-refractivity contribution in [2.75, 3.05) is 6.54 Å². The molecule has 0 aliphatic carbocycles. The predicted octanol–water partition coefficient (Wildman–Crippen LogP) is -0.945. The minimum atomic E-state index is -1.32. The van der Waals surface area contributed by atoms with Crippen LogP contribution in [0.3, 0.4) is 0 Å². The quantitative estimate of drug-likeness (QED) is 0.104. The number of hydrogen-bond acceptors (Lipinski definition) is 8. The first kappa shape index (κ1) is 31.9. The summed E-state index contributed by atoms with van der Waals surface area (Å²) >= 11 is 0. The standard InChI is InChI=1S/C26H37N7O7/c27-11-5-4-8-18(28)23(36)31-19(9-10-22(34)35)24(37)32-20(12-16-6-2-1-3-7-16)25(38)33-21(26(39)40)13-17-14-29-15-30-17/h1-3,6-7,14-15,18-21H,4-5,8-13,27-28H2,(H,29,30)(H,31,36)(H,32,37)(H,33,38)(H,34,35)(H,39,40). The second-order valence-corrected chi connectivity index (χ2v) is 9.32. The van der Waals surface area contributed by atoms with Crippen LogP contribution < -0.4 is 27.4 Å². The second kappa shape index (κ2) is 16.6. The van der Waals surface area contributed by atoms with Crippen molar-refractivity contribution < 1.29 is 34.2 Å². The molecule has 14 heteroatoms. The average molecular weight is 560 g/mol. The van der Waals surface area contributed by atoms with Gasteiger partial charge < -0.3 is 42.6 Å². The SMILES string of the molecule is NCCCCC(N)C(=O)NC(CCC(=O)O)C(=O)NC(Cc1ccccc1)C(=O)NC(Cc1cnc[nH]1)C(=O)O. The Labute approximate surface area is 231 Å². The van der Waals surface area contributed by atoms with Gasteiger partial charge in [0.2, 0.25) is 17.7 Å². The molecule has 0 aliphatic rings. The van der Waals surface area contributed by atoms with E-state index in [0.29, 0.717) is 37.1 Å². The summed E-state index contributed by atoms with van der Waals surface area (Å²) in [6, 6.07) is 3.93. The van der Waals surface area contributed by atoms with Gasteiger partial charge in [-0.2, -0.15) is 0 Å². The number of hydrogen-bond donors (Lipinski definition) is 8. The Balaban J connectivity index is 2.21. The van der Waals surface area contributed by atoms with E-state index in [-0.39, 0.29) is 19.3 Å². The monoisotopic (exact) mass is 559 g/mol. The number of nitrogens with zero attached hydrogens (tertiary/aromatic N) is 1. The highest BCUT2D eigenvalue weighted by Gasteiger charge is 2.31. The van der Waals surface area contributed by atoms with Gasteiger partial charge in [0.25, 0.3) is 0 Å². The fourth-order valence-electron chi connectivity index (χ4n) is 3.88. The molecule has 218 valence electrons. The Hall–Kier alpha value is -4.30. The van der Waals surface area contributed by atoms with Gasteiger partial charge in [0.15, 0.2) is 0 Å². The number of imidazole rings is 1. The normalized spacial score (nSPS) is 13.8. The summed E-state index contributed by atoms with van der Waals surface area (Å²) in [5, 5.41) is 26.3. The maximum Gasteiger partial charge on any atom is 0.326 e. The number of carboxylic acid groups (broad SMARTS) is 2. The molecule has 2 rings (SSSR count). The number of rotatable bonds is 18. The third kappa shape index (κ3) is 11.2. The van der Waals surface area contributed by atoms with Crippen molar-refractivity contribution in [2.45, 2.75) is 69.1 Å². The number of nitrogens with two attached hydrogens (primary N) is 2. The van der Waals surface area contributed by atoms with E-state index in [4.69, 9.17) is 16.6 Å². The topological polar surface area (TPSA) is 243 Å². The van der Waals surface area contributed by atoms with Gasteiger partial charge in [0, 0.05) is 31.2 Å². The highest BCUT2D eigenvalue weighted by Crippen LogP contribution is 2.08. The number of nitrogens with one attached hydrogen (secondary N) is 4. The third-order valence-corrected chi connectivity index (χ3v) is 6.09. The summed E-state index contributed by atoms with van der Waals surface area (Å²) < 4.78 is 0. The van der Waals surface area contributed by atoms with Crippen LogP contribution in [0.1, 0.15) is 43.4 Å². The molecule has 0 spiro atoms. The molecule has 0 fully saturated rings. The van der Waals surface area contributed by atoms with Gasteiger partial charge >= 0.3 is 11.9 Å². The van der Waals surface area contributed by atoms with Crippen LogP contribution in [0.4, 0.5) is 0 Å². The number of carbonyl (C=O) groups is 5. The van der Waals surface area contributed by atoms with E-state index in [1.165, 1.54) is 12.5 Å². The number of unbranched alkanes of at least 4 members (excludes halogenated alkanes) is 1. The molecule has 4 unspecified atom stereocenters. The van der Waals surface area contributed by atoms with E-state index in [2.05, 4.69) is 25.9 Å². The summed E-state index contributed by atoms with van der Waals surface area (Å²) in [5.74, 6) is -4.69. The van der Waals surface area contributed by atoms with Crippen molar-refractivity contribution in [3.8, 4) is 0 Å². The zero-order valence-electron chi connectivity index (χ0n) is 22.0. The molecular weight excluding hydrogens is 522 g/mol. The summed E-state index contributed by atoms with van der Waals surface area (Å²) in [6.07, 6.45) is 3.65. The van der Waals surface area contributed by atoms with Gasteiger partial charge in [-0.05, 0) is 31.4 Å². The van der Waals surface area contributed by atoms with E-state index < -0.39 is 60.2 Å². The first-order chi connectivity index (χ1) is 19.1. The first-order valence-corrected chi connectivity index (χ1v) is 12.9. The molecule has 3 amide bonds. The van der Waals surface area contributed by atoms with E-state index in [9.17, 15) is 29.1 Å².